The van der Waals surface area contributed by atoms with Crippen molar-refractivity contribution in [2.75, 3.05) is 0 Å². The molecule has 21 heavy (non-hydrogen) atoms. The van der Waals surface area contributed by atoms with Gasteiger partial charge >= 0.3 is 0 Å². The molecular formula is C19H20O2. The van der Waals surface area contributed by atoms with E-state index in [-0.39, 0.29) is 0 Å². The molecule has 2 aliphatic carbocycles. The Bertz CT molecular complexity index is 658. The third-order valence-corrected chi connectivity index (χ3v) is 5.64. The largest absolute Gasteiger partial charge is 0.508 e. The van der Waals surface area contributed by atoms with Crippen LogP contribution in [-0.4, -0.2) is 10.2 Å². The molecule has 4 atom stereocenters. The predicted molar refractivity (Wildman–Crippen MR) is 83.1 cm³/mol. The smallest absolute Gasteiger partial charge is 0.115 e. The third-order valence-electron chi connectivity index (χ3n) is 5.64. The van der Waals surface area contributed by atoms with Gasteiger partial charge in [0.05, 0.1) is 0 Å². The Kier molecular flexibility index (Phi) is 2.59. The van der Waals surface area contributed by atoms with Crippen molar-refractivity contribution in [3.63, 3.8) is 0 Å². The molecule has 2 nitrogen and oxygen atoms in total. The van der Waals surface area contributed by atoms with Crippen molar-refractivity contribution in [1.82, 2.24) is 0 Å². The minimum absolute atomic E-state index is 0.360. The summed E-state index contributed by atoms with van der Waals surface area (Å²) in [4.78, 5) is 0. The highest BCUT2D eigenvalue weighted by molar-refractivity contribution is 5.52. The molecule has 0 aliphatic heterocycles. The van der Waals surface area contributed by atoms with Gasteiger partial charge in [0.15, 0.2) is 0 Å². The average molecular weight is 280 g/mol. The second kappa shape index (κ2) is 4.27. The van der Waals surface area contributed by atoms with Crippen molar-refractivity contribution in [3.8, 4) is 11.5 Å². The standard InChI is InChI=1S/C19H20O2/c1-10-16-7-12(20)3-5-14(16)19-9-18(10)15-6-4-13(21)8-17(15)11(19)2/h3-8,10-11,18-21H,9H2,1-2H3/t10-,11-,18?,19?/m1/s1. The lowest BCUT2D eigenvalue weighted by Gasteiger charge is -2.45. The molecule has 0 saturated heterocycles. The summed E-state index contributed by atoms with van der Waals surface area (Å²) in [6.07, 6.45) is 1.16. The fourth-order valence-electron chi connectivity index (χ4n) is 4.50. The van der Waals surface area contributed by atoms with Crippen LogP contribution in [0.25, 0.3) is 0 Å². The maximum absolute atomic E-state index is 9.83. The number of aromatic hydroxyl groups is 2. The molecular weight excluding hydrogens is 260 g/mol. The number of fused-ring (bicyclic) bond motifs is 6. The molecule has 108 valence electrons. The molecule has 0 spiro atoms. The Morgan fingerprint density at radius 1 is 0.714 bits per heavy atom. The van der Waals surface area contributed by atoms with Crippen LogP contribution in [-0.2, 0) is 0 Å². The van der Waals surface area contributed by atoms with E-state index < -0.39 is 0 Å². The quantitative estimate of drug-likeness (QED) is 0.741. The zero-order valence-corrected chi connectivity index (χ0v) is 12.4. The van der Waals surface area contributed by atoms with Gasteiger partial charge in [-0.1, -0.05) is 26.0 Å². The lowest BCUT2D eigenvalue weighted by Crippen LogP contribution is -2.29. The third kappa shape index (κ3) is 1.71. The molecule has 2 aliphatic rings. The van der Waals surface area contributed by atoms with Crippen LogP contribution in [0.3, 0.4) is 0 Å². The first-order chi connectivity index (χ1) is 10.1. The van der Waals surface area contributed by atoms with E-state index in [0.717, 1.165) is 6.42 Å². The number of rotatable bonds is 0. The van der Waals surface area contributed by atoms with E-state index in [1.807, 2.05) is 12.1 Å². The number of phenols is 2. The first-order valence-corrected chi connectivity index (χ1v) is 7.72. The van der Waals surface area contributed by atoms with Gasteiger partial charge in [0.25, 0.3) is 0 Å². The van der Waals surface area contributed by atoms with E-state index in [2.05, 4.69) is 26.0 Å². The molecule has 2 bridgehead atoms. The maximum atomic E-state index is 9.83. The first-order valence-electron chi connectivity index (χ1n) is 7.72. The van der Waals surface area contributed by atoms with Crippen molar-refractivity contribution in [1.29, 1.82) is 0 Å². The number of hydrogen-bond acceptors (Lipinski definition) is 2. The lowest BCUT2D eigenvalue weighted by atomic mass is 9.59. The summed E-state index contributed by atoms with van der Waals surface area (Å²) in [5, 5.41) is 19.7. The molecule has 2 aromatic carbocycles. The predicted octanol–water partition coefficient (Wildman–Crippen LogP) is 4.59. The highest BCUT2D eigenvalue weighted by Crippen LogP contribution is 2.57. The van der Waals surface area contributed by atoms with Crippen molar-refractivity contribution in [2.24, 2.45) is 0 Å². The number of hydrogen-bond donors (Lipinski definition) is 2. The van der Waals surface area contributed by atoms with Crippen molar-refractivity contribution >= 4 is 0 Å². The molecule has 0 heterocycles. The Hall–Kier alpha value is -1.96. The van der Waals surface area contributed by atoms with Gasteiger partial charge in [-0.2, -0.15) is 0 Å². The topological polar surface area (TPSA) is 40.5 Å². The number of benzene rings is 2. The van der Waals surface area contributed by atoms with E-state index in [1.54, 1.807) is 12.1 Å². The lowest BCUT2D eigenvalue weighted by molar-refractivity contribution is 0.368. The van der Waals surface area contributed by atoms with E-state index in [4.69, 9.17) is 0 Å². The van der Waals surface area contributed by atoms with Crippen LogP contribution in [0, 0.1) is 0 Å². The van der Waals surface area contributed by atoms with Crippen LogP contribution in [0.2, 0.25) is 0 Å². The SMILES string of the molecule is C[C@@H]1c2cc(O)ccc2C2CC1c1ccc(O)cc1[C@H]2C. The summed E-state index contributed by atoms with van der Waals surface area (Å²) in [5.74, 6) is 2.49. The molecule has 0 amide bonds. The Balaban J connectivity index is 1.93. The van der Waals surface area contributed by atoms with E-state index in [0.29, 0.717) is 35.2 Å². The van der Waals surface area contributed by atoms with Crippen LogP contribution in [0.4, 0.5) is 0 Å². The van der Waals surface area contributed by atoms with Gasteiger partial charge in [0.1, 0.15) is 11.5 Å². The summed E-state index contributed by atoms with van der Waals surface area (Å²) in [6.45, 7) is 4.51. The minimum atomic E-state index is 0.360. The zero-order chi connectivity index (χ0) is 14.7. The van der Waals surface area contributed by atoms with Crippen LogP contribution in [0.1, 0.15) is 66.2 Å². The zero-order valence-electron chi connectivity index (χ0n) is 12.4. The highest BCUT2D eigenvalue weighted by Gasteiger charge is 2.41. The van der Waals surface area contributed by atoms with Crippen molar-refractivity contribution in [2.45, 2.75) is 43.9 Å². The van der Waals surface area contributed by atoms with E-state index in [1.165, 1.54) is 22.3 Å². The molecule has 4 rings (SSSR count). The molecule has 2 aromatic rings. The molecule has 0 aromatic heterocycles. The summed E-state index contributed by atoms with van der Waals surface area (Å²) in [5.41, 5.74) is 5.33. The van der Waals surface area contributed by atoms with Crippen molar-refractivity contribution in [3.05, 3.63) is 58.7 Å². The molecule has 2 unspecified atom stereocenters. The Morgan fingerprint density at radius 3 is 1.57 bits per heavy atom. The van der Waals surface area contributed by atoms with Crippen LogP contribution >= 0.6 is 0 Å². The second-order valence-electron chi connectivity index (χ2n) is 6.65. The Morgan fingerprint density at radius 2 is 1.14 bits per heavy atom. The van der Waals surface area contributed by atoms with E-state index >= 15 is 0 Å². The van der Waals surface area contributed by atoms with Crippen molar-refractivity contribution < 1.29 is 10.2 Å². The normalized spacial score (nSPS) is 29.6. The van der Waals surface area contributed by atoms with E-state index in [9.17, 15) is 10.2 Å². The van der Waals surface area contributed by atoms with Crippen LogP contribution in [0.5, 0.6) is 11.5 Å². The fourth-order valence-corrected chi connectivity index (χ4v) is 4.50. The average Bonchev–Trinajstić information content (AvgIpc) is 2.47. The molecule has 0 radical (unpaired) electrons. The van der Waals surface area contributed by atoms with Gasteiger partial charge in [0.2, 0.25) is 0 Å². The molecule has 2 N–H and O–H groups in total. The Labute approximate surface area is 125 Å². The summed E-state index contributed by atoms with van der Waals surface area (Å²) < 4.78 is 0. The molecule has 0 fully saturated rings. The maximum Gasteiger partial charge on any atom is 0.115 e. The first kappa shape index (κ1) is 12.8. The summed E-state index contributed by atoms with van der Waals surface area (Å²) in [6, 6.07) is 11.7. The summed E-state index contributed by atoms with van der Waals surface area (Å²) >= 11 is 0. The monoisotopic (exact) mass is 280 g/mol. The highest BCUT2D eigenvalue weighted by atomic mass is 16.3. The van der Waals surface area contributed by atoms with Crippen LogP contribution in [0.15, 0.2) is 36.4 Å². The number of phenolic OH excluding ortho intramolecular Hbond substituents is 2. The van der Waals surface area contributed by atoms with Gasteiger partial charge in [-0.25, -0.2) is 0 Å². The minimum Gasteiger partial charge on any atom is -0.508 e. The van der Waals surface area contributed by atoms with Gasteiger partial charge in [-0.05, 0) is 76.6 Å². The second-order valence-corrected chi connectivity index (χ2v) is 6.65. The van der Waals surface area contributed by atoms with Gasteiger partial charge < -0.3 is 10.2 Å². The molecule has 0 saturated carbocycles. The van der Waals surface area contributed by atoms with Gasteiger partial charge in [0, 0.05) is 0 Å². The molecule has 2 heteroatoms. The van der Waals surface area contributed by atoms with Gasteiger partial charge in [-0.15, -0.1) is 0 Å². The fraction of sp³-hybridized carbons (Fsp3) is 0.368. The van der Waals surface area contributed by atoms with Crippen LogP contribution < -0.4 is 0 Å². The van der Waals surface area contributed by atoms with Gasteiger partial charge in [-0.3, -0.25) is 0 Å². The summed E-state index contributed by atoms with van der Waals surface area (Å²) in [7, 11) is 0.